The summed E-state index contributed by atoms with van der Waals surface area (Å²) in [5, 5.41) is 9.10. The van der Waals surface area contributed by atoms with Crippen molar-refractivity contribution in [1.82, 2.24) is 9.97 Å². The standard InChI is InChI=1S/C15H20N4O/c16-14-15(18-13-6-2-1-5-12(13)17-14)19-8-3-4-11(10-19)7-9-20/h1-2,5-6,11,20H,3-4,7-10H2,(H2,16,17). The largest absolute Gasteiger partial charge is 0.396 e. The first-order valence-electron chi connectivity index (χ1n) is 7.16. The van der Waals surface area contributed by atoms with Crippen LogP contribution in [0.2, 0.25) is 0 Å². The summed E-state index contributed by atoms with van der Waals surface area (Å²) in [5.74, 6) is 1.79. The zero-order valence-corrected chi connectivity index (χ0v) is 11.5. The fraction of sp³-hybridized carbons (Fsp3) is 0.467. The number of nitrogens with two attached hydrogens (primary N) is 1. The van der Waals surface area contributed by atoms with Crippen LogP contribution in [0, 0.1) is 5.92 Å². The first-order valence-corrected chi connectivity index (χ1v) is 7.16. The second-order valence-corrected chi connectivity index (χ2v) is 5.39. The minimum absolute atomic E-state index is 0.247. The Morgan fingerprint density at radius 3 is 2.75 bits per heavy atom. The number of aromatic nitrogens is 2. The van der Waals surface area contributed by atoms with E-state index in [1.165, 1.54) is 0 Å². The molecule has 1 unspecified atom stereocenters. The van der Waals surface area contributed by atoms with Crippen molar-refractivity contribution < 1.29 is 5.11 Å². The van der Waals surface area contributed by atoms with Crippen molar-refractivity contribution in [3.63, 3.8) is 0 Å². The number of nitrogens with zero attached hydrogens (tertiary/aromatic N) is 3. The van der Waals surface area contributed by atoms with Crippen molar-refractivity contribution >= 4 is 22.7 Å². The highest BCUT2D eigenvalue weighted by Gasteiger charge is 2.22. The summed E-state index contributed by atoms with van der Waals surface area (Å²) in [6, 6.07) is 7.78. The van der Waals surface area contributed by atoms with Crippen LogP contribution >= 0.6 is 0 Å². The van der Waals surface area contributed by atoms with E-state index >= 15 is 0 Å². The molecule has 1 aliphatic heterocycles. The van der Waals surface area contributed by atoms with Gasteiger partial charge in [-0.3, -0.25) is 0 Å². The quantitative estimate of drug-likeness (QED) is 0.891. The maximum atomic E-state index is 9.10. The van der Waals surface area contributed by atoms with Gasteiger partial charge < -0.3 is 15.7 Å². The average Bonchev–Trinajstić information content (AvgIpc) is 2.47. The van der Waals surface area contributed by atoms with Gasteiger partial charge in [-0.05, 0) is 37.3 Å². The molecule has 20 heavy (non-hydrogen) atoms. The number of para-hydroxylation sites is 2. The molecule has 1 atom stereocenters. The number of aliphatic hydroxyl groups excluding tert-OH is 1. The summed E-state index contributed by atoms with van der Waals surface area (Å²) >= 11 is 0. The van der Waals surface area contributed by atoms with E-state index in [0.29, 0.717) is 11.7 Å². The van der Waals surface area contributed by atoms with Crippen molar-refractivity contribution in [3.8, 4) is 0 Å². The Morgan fingerprint density at radius 1 is 1.25 bits per heavy atom. The molecule has 106 valence electrons. The van der Waals surface area contributed by atoms with E-state index < -0.39 is 0 Å². The Hall–Kier alpha value is -1.88. The Labute approximate surface area is 118 Å². The van der Waals surface area contributed by atoms with Crippen LogP contribution in [0.25, 0.3) is 11.0 Å². The van der Waals surface area contributed by atoms with Crippen LogP contribution in [0.1, 0.15) is 19.3 Å². The van der Waals surface area contributed by atoms with Crippen molar-refractivity contribution in [2.24, 2.45) is 5.92 Å². The van der Waals surface area contributed by atoms with Crippen LogP contribution in [0.4, 0.5) is 11.6 Å². The summed E-state index contributed by atoms with van der Waals surface area (Å²) in [6.45, 7) is 2.11. The average molecular weight is 272 g/mol. The van der Waals surface area contributed by atoms with Gasteiger partial charge in [-0.15, -0.1) is 0 Å². The lowest BCUT2D eigenvalue weighted by molar-refractivity contribution is 0.244. The maximum absolute atomic E-state index is 9.10. The van der Waals surface area contributed by atoms with E-state index in [-0.39, 0.29) is 6.61 Å². The van der Waals surface area contributed by atoms with Crippen LogP contribution in [0.15, 0.2) is 24.3 Å². The van der Waals surface area contributed by atoms with E-state index in [4.69, 9.17) is 10.8 Å². The van der Waals surface area contributed by atoms with Crippen LogP contribution in [0.5, 0.6) is 0 Å². The molecule has 1 aromatic carbocycles. The lowest BCUT2D eigenvalue weighted by Gasteiger charge is -2.33. The maximum Gasteiger partial charge on any atom is 0.172 e. The van der Waals surface area contributed by atoms with Gasteiger partial charge in [0.1, 0.15) is 0 Å². The number of piperidine rings is 1. The minimum Gasteiger partial charge on any atom is -0.396 e. The fourth-order valence-electron chi connectivity index (χ4n) is 2.91. The van der Waals surface area contributed by atoms with E-state index in [1.54, 1.807) is 0 Å². The highest BCUT2D eigenvalue weighted by atomic mass is 16.3. The van der Waals surface area contributed by atoms with Crippen LogP contribution in [-0.2, 0) is 0 Å². The smallest absolute Gasteiger partial charge is 0.172 e. The molecule has 1 saturated heterocycles. The molecule has 0 amide bonds. The van der Waals surface area contributed by atoms with Crippen molar-refractivity contribution in [2.75, 3.05) is 30.3 Å². The van der Waals surface area contributed by atoms with Crippen molar-refractivity contribution in [2.45, 2.75) is 19.3 Å². The third kappa shape index (κ3) is 2.54. The summed E-state index contributed by atoms with van der Waals surface area (Å²) in [5.41, 5.74) is 7.78. The molecule has 0 aliphatic carbocycles. The fourth-order valence-corrected chi connectivity index (χ4v) is 2.91. The van der Waals surface area contributed by atoms with E-state index in [9.17, 15) is 0 Å². The van der Waals surface area contributed by atoms with Gasteiger partial charge in [0.25, 0.3) is 0 Å². The van der Waals surface area contributed by atoms with Gasteiger partial charge >= 0.3 is 0 Å². The Bertz CT molecular complexity index is 599. The zero-order valence-electron chi connectivity index (χ0n) is 11.5. The van der Waals surface area contributed by atoms with Crippen LogP contribution in [0.3, 0.4) is 0 Å². The molecular formula is C15H20N4O. The summed E-state index contributed by atoms with van der Waals surface area (Å²) in [7, 11) is 0. The third-order valence-electron chi connectivity index (χ3n) is 3.93. The van der Waals surface area contributed by atoms with Gasteiger partial charge in [0.15, 0.2) is 11.6 Å². The number of hydrogen-bond acceptors (Lipinski definition) is 5. The predicted molar refractivity (Wildman–Crippen MR) is 80.6 cm³/mol. The van der Waals surface area contributed by atoms with Gasteiger partial charge in [0, 0.05) is 19.7 Å². The first kappa shape index (κ1) is 13.1. The van der Waals surface area contributed by atoms with Gasteiger partial charge in [-0.1, -0.05) is 12.1 Å². The summed E-state index contributed by atoms with van der Waals surface area (Å²) in [4.78, 5) is 11.3. The minimum atomic E-state index is 0.247. The summed E-state index contributed by atoms with van der Waals surface area (Å²) in [6.07, 6.45) is 3.12. The molecule has 1 aromatic heterocycles. The number of rotatable bonds is 3. The monoisotopic (exact) mass is 272 g/mol. The SMILES string of the molecule is Nc1nc2ccccc2nc1N1CCCC(CCO)C1. The number of aliphatic hydroxyl groups is 1. The van der Waals surface area contributed by atoms with Gasteiger partial charge in [-0.2, -0.15) is 0 Å². The molecule has 2 aromatic rings. The van der Waals surface area contributed by atoms with E-state index in [0.717, 1.165) is 49.2 Å². The molecule has 3 rings (SSSR count). The van der Waals surface area contributed by atoms with Crippen LogP contribution < -0.4 is 10.6 Å². The second kappa shape index (κ2) is 5.63. The lowest BCUT2D eigenvalue weighted by atomic mass is 9.95. The first-order chi connectivity index (χ1) is 9.78. The molecule has 0 spiro atoms. The molecule has 1 aliphatic rings. The summed E-state index contributed by atoms with van der Waals surface area (Å²) < 4.78 is 0. The molecule has 3 N–H and O–H groups in total. The number of anilines is 2. The van der Waals surface area contributed by atoms with Crippen molar-refractivity contribution in [1.29, 1.82) is 0 Å². The topological polar surface area (TPSA) is 75.3 Å². The molecular weight excluding hydrogens is 252 g/mol. The number of nitrogen functional groups attached to an aromatic ring is 1. The number of fused-ring (bicyclic) bond motifs is 1. The molecule has 5 heteroatoms. The normalized spacial score (nSPS) is 19.4. The van der Waals surface area contributed by atoms with Crippen LogP contribution in [-0.4, -0.2) is 34.8 Å². The lowest BCUT2D eigenvalue weighted by Crippen LogP contribution is -2.37. The molecule has 0 bridgehead atoms. The van der Waals surface area contributed by atoms with Gasteiger partial charge in [-0.25, -0.2) is 9.97 Å². The Morgan fingerprint density at radius 2 is 2.00 bits per heavy atom. The Kier molecular flexibility index (Phi) is 3.69. The second-order valence-electron chi connectivity index (χ2n) is 5.39. The molecule has 0 radical (unpaired) electrons. The highest BCUT2D eigenvalue weighted by Crippen LogP contribution is 2.28. The van der Waals surface area contributed by atoms with Gasteiger partial charge in [0.05, 0.1) is 11.0 Å². The molecule has 2 heterocycles. The number of benzene rings is 1. The van der Waals surface area contributed by atoms with Gasteiger partial charge in [0.2, 0.25) is 0 Å². The van der Waals surface area contributed by atoms with E-state index in [2.05, 4.69) is 14.9 Å². The number of hydrogen-bond donors (Lipinski definition) is 2. The predicted octanol–water partition coefficient (Wildman–Crippen LogP) is 1.81. The molecule has 5 nitrogen and oxygen atoms in total. The third-order valence-corrected chi connectivity index (χ3v) is 3.93. The highest BCUT2D eigenvalue weighted by molar-refractivity contribution is 5.79. The molecule has 1 fully saturated rings. The Balaban J connectivity index is 1.90. The molecule has 0 saturated carbocycles. The van der Waals surface area contributed by atoms with E-state index in [1.807, 2.05) is 24.3 Å². The van der Waals surface area contributed by atoms with Crippen molar-refractivity contribution in [3.05, 3.63) is 24.3 Å². The zero-order chi connectivity index (χ0) is 13.9.